The summed E-state index contributed by atoms with van der Waals surface area (Å²) in [5.74, 6) is -0.342. The number of hydrogen-bond donors (Lipinski definition) is 1. The Labute approximate surface area is 274 Å². The number of pyridine rings is 1. The number of benzene rings is 3. The van der Waals surface area contributed by atoms with Gasteiger partial charge in [-0.2, -0.15) is 26.3 Å². The van der Waals surface area contributed by atoms with Crippen molar-refractivity contribution in [2.75, 3.05) is 38.2 Å². The van der Waals surface area contributed by atoms with Crippen LogP contribution in [0.3, 0.4) is 0 Å². The fourth-order valence-electron chi connectivity index (χ4n) is 6.36. The highest BCUT2D eigenvalue weighted by atomic mass is 19.4. The number of alkyl halides is 6. The number of nitrogens with zero attached hydrogens (tertiary/aromatic N) is 6. The van der Waals surface area contributed by atoms with Crippen molar-refractivity contribution >= 4 is 27.6 Å². The number of hydrogen-bond acceptors (Lipinski definition) is 6. The largest absolute Gasteiger partial charge is 0.496 e. The second-order valence-electron chi connectivity index (χ2n) is 11.7. The van der Waals surface area contributed by atoms with Gasteiger partial charge >= 0.3 is 12.4 Å². The molecule has 15 heteroatoms. The van der Waals surface area contributed by atoms with Crippen molar-refractivity contribution in [3.05, 3.63) is 101 Å². The highest BCUT2D eigenvalue weighted by molar-refractivity contribution is 6.04. The summed E-state index contributed by atoms with van der Waals surface area (Å²) in [6.07, 6.45) is -5.72. The lowest BCUT2D eigenvalue weighted by atomic mass is 9.99. The number of rotatable bonds is 7. The Morgan fingerprint density at radius 1 is 0.837 bits per heavy atom. The van der Waals surface area contributed by atoms with Crippen LogP contribution in [0.1, 0.15) is 11.1 Å². The van der Waals surface area contributed by atoms with Gasteiger partial charge in [-0.1, -0.05) is 17.3 Å². The Bertz CT molecular complexity index is 2220. The van der Waals surface area contributed by atoms with Gasteiger partial charge in [-0.25, -0.2) is 4.68 Å². The Morgan fingerprint density at radius 2 is 1.53 bits per heavy atom. The number of aromatic nitrogens is 5. The van der Waals surface area contributed by atoms with Crippen LogP contribution in [-0.4, -0.2) is 57.4 Å². The molecule has 0 saturated carbocycles. The third-order valence-electron chi connectivity index (χ3n) is 8.73. The van der Waals surface area contributed by atoms with Gasteiger partial charge in [-0.15, -0.1) is 5.10 Å². The Kier molecular flexibility index (Phi) is 8.09. The summed E-state index contributed by atoms with van der Waals surface area (Å²) in [6, 6.07) is 16.0. The number of nitrogens with one attached hydrogen (secondary N) is 1. The van der Waals surface area contributed by atoms with Crippen LogP contribution in [0.5, 0.6) is 5.75 Å². The standard InChI is InChI=1S/C34H29F6N7O2/c1-49-29-9-5-22(19-26(29)34(38,39)40)21-4-7-27-24(18-21)31-30(32(48)46(27)17-16-44-12-2-3-13-44)42-43-47(31)23-6-8-28(25(20-23)33(35,36)37)45-14-10-41-11-15-45/h2-9,12-13,18-20,41H,10-11,14-17H2,1H3. The van der Waals surface area contributed by atoms with Crippen LogP contribution in [0.2, 0.25) is 0 Å². The maximum absolute atomic E-state index is 14.5. The highest BCUT2D eigenvalue weighted by Crippen LogP contribution is 2.41. The van der Waals surface area contributed by atoms with Crippen molar-refractivity contribution in [3.8, 4) is 22.6 Å². The first kappa shape index (κ1) is 32.2. The predicted octanol–water partition coefficient (Wildman–Crippen LogP) is 6.36. The zero-order chi connectivity index (χ0) is 34.5. The molecule has 3 aromatic heterocycles. The minimum atomic E-state index is -4.70. The maximum Gasteiger partial charge on any atom is 0.419 e. The molecule has 0 unspecified atom stereocenters. The van der Waals surface area contributed by atoms with E-state index in [9.17, 15) is 31.1 Å². The van der Waals surface area contributed by atoms with E-state index in [0.29, 0.717) is 49.2 Å². The van der Waals surface area contributed by atoms with Crippen LogP contribution >= 0.6 is 0 Å². The third kappa shape index (κ3) is 5.98. The lowest BCUT2D eigenvalue weighted by Gasteiger charge is -2.31. The average molecular weight is 682 g/mol. The van der Waals surface area contributed by atoms with Gasteiger partial charge in [0.1, 0.15) is 11.3 Å². The smallest absolute Gasteiger partial charge is 0.419 e. The van der Waals surface area contributed by atoms with E-state index in [1.54, 1.807) is 23.1 Å². The molecule has 0 amide bonds. The summed E-state index contributed by atoms with van der Waals surface area (Å²) in [5.41, 5.74) is -1.25. The summed E-state index contributed by atoms with van der Waals surface area (Å²) in [6.45, 7) is 2.49. The molecule has 0 bridgehead atoms. The second-order valence-corrected chi connectivity index (χ2v) is 11.7. The van der Waals surface area contributed by atoms with E-state index in [0.717, 1.165) is 19.2 Å². The molecule has 3 aromatic carbocycles. The summed E-state index contributed by atoms with van der Waals surface area (Å²) in [4.78, 5) is 15.6. The molecule has 1 aliphatic rings. The summed E-state index contributed by atoms with van der Waals surface area (Å²) >= 11 is 0. The number of ether oxygens (including phenoxy) is 1. The summed E-state index contributed by atoms with van der Waals surface area (Å²) < 4.78 is 94.8. The number of halogens is 6. The van der Waals surface area contributed by atoms with Crippen LogP contribution in [0.4, 0.5) is 32.0 Å². The third-order valence-corrected chi connectivity index (χ3v) is 8.73. The van der Waals surface area contributed by atoms with Crippen molar-refractivity contribution in [1.29, 1.82) is 0 Å². The van der Waals surface area contributed by atoms with Crippen molar-refractivity contribution in [2.24, 2.45) is 0 Å². The molecule has 6 aromatic rings. The van der Waals surface area contributed by atoms with Crippen molar-refractivity contribution < 1.29 is 31.1 Å². The summed E-state index contributed by atoms with van der Waals surface area (Å²) in [5, 5.41) is 11.8. The fraction of sp³-hybridized carbons (Fsp3) is 0.265. The van der Waals surface area contributed by atoms with Crippen LogP contribution in [0.25, 0.3) is 38.8 Å². The molecule has 1 N–H and O–H groups in total. The SMILES string of the molecule is COc1ccc(-c2ccc3c(c2)c2c(nnn2-c2ccc(N4CCNCC4)c(C(F)(F)F)c2)c(=O)n3CCn2cccc2)cc1C(F)(F)F. The van der Waals surface area contributed by atoms with Crippen molar-refractivity contribution in [2.45, 2.75) is 25.4 Å². The molecule has 1 saturated heterocycles. The zero-order valence-electron chi connectivity index (χ0n) is 26.0. The van der Waals surface area contributed by atoms with Crippen LogP contribution < -0.4 is 20.5 Å². The van der Waals surface area contributed by atoms with Gasteiger partial charge in [0.15, 0.2) is 5.52 Å². The predicted molar refractivity (Wildman–Crippen MR) is 172 cm³/mol. The van der Waals surface area contributed by atoms with Crippen molar-refractivity contribution in [3.63, 3.8) is 0 Å². The monoisotopic (exact) mass is 681 g/mol. The lowest BCUT2D eigenvalue weighted by molar-refractivity contribution is -0.139. The van der Waals surface area contributed by atoms with Crippen LogP contribution in [-0.2, 0) is 25.4 Å². The molecule has 1 aliphatic heterocycles. The number of methoxy groups -OCH3 is 1. The summed E-state index contributed by atoms with van der Waals surface area (Å²) in [7, 11) is 1.15. The second kappa shape index (κ2) is 12.3. The van der Waals surface area contributed by atoms with E-state index in [1.165, 1.54) is 33.5 Å². The number of fused-ring (bicyclic) bond motifs is 3. The quantitative estimate of drug-likeness (QED) is 0.198. The first-order chi connectivity index (χ1) is 23.4. The van der Waals surface area contributed by atoms with E-state index < -0.39 is 29.0 Å². The highest BCUT2D eigenvalue weighted by Gasteiger charge is 2.37. The van der Waals surface area contributed by atoms with Gasteiger partial charge in [-0.3, -0.25) is 4.79 Å². The normalized spacial score (nSPS) is 14.2. The molecular weight excluding hydrogens is 652 g/mol. The molecule has 0 radical (unpaired) electrons. The van der Waals surface area contributed by atoms with E-state index in [-0.39, 0.29) is 40.3 Å². The first-order valence-corrected chi connectivity index (χ1v) is 15.4. The molecular formula is C34H29F6N7O2. The minimum absolute atomic E-state index is 0.0220. The minimum Gasteiger partial charge on any atom is -0.496 e. The molecule has 0 aliphatic carbocycles. The van der Waals surface area contributed by atoms with E-state index in [1.807, 2.05) is 29.1 Å². The zero-order valence-corrected chi connectivity index (χ0v) is 26.0. The van der Waals surface area contributed by atoms with E-state index >= 15 is 0 Å². The Balaban J connectivity index is 1.45. The van der Waals surface area contributed by atoms with Gasteiger partial charge in [-0.05, 0) is 65.7 Å². The number of piperazine rings is 1. The van der Waals surface area contributed by atoms with Gasteiger partial charge in [0.25, 0.3) is 5.56 Å². The number of aryl methyl sites for hydroxylation is 2. The van der Waals surface area contributed by atoms with Gasteiger partial charge in [0.2, 0.25) is 0 Å². The average Bonchev–Trinajstić information content (AvgIpc) is 3.78. The van der Waals surface area contributed by atoms with E-state index in [4.69, 9.17) is 4.74 Å². The topological polar surface area (TPSA) is 82.1 Å². The molecule has 4 heterocycles. The Morgan fingerprint density at radius 3 is 2.22 bits per heavy atom. The Hall–Kier alpha value is -5.31. The molecule has 1 fully saturated rings. The molecule has 0 spiro atoms. The van der Waals surface area contributed by atoms with E-state index in [2.05, 4.69) is 15.6 Å². The van der Waals surface area contributed by atoms with Crippen LogP contribution in [0.15, 0.2) is 83.9 Å². The first-order valence-electron chi connectivity index (χ1n) is 15.4. The molecule has 0 atom stereocenters. The molecule has 254 valence electrons. The molecule has 9 nitrogen and oxygen atoms in total. The molecule has 49 heavy (non-hydrogen) atoms. The van der Waals surface area contributed by atoms with Gasteiger partial charge in [0, 0.05) is 62.7 Å². The van der Waals surface area contributed by atoms with Crippen molar-refractivity contribution in [1.82, 2.24) is 29.4 Å². The number of anilines is 1. The van der Waals surface area contributed by atoms with Gasteiger partial charge < -0.3 is 24.1 Å². The van der Waals surface area contributed by atoms with Crippen LogP contribution in [0, 0.1) is 0 Å². The van der Waals surface area contributed by atoms with Gasteiger partial charge in [0.05, 0.1) is 29.4 Å². The lowest BCUT2D eigenvalue weighted by Crippen LogP contribution is -2.44. The fourth-order valence-corrected chi connectivity index (χ4v) is 6.36. The molecule has 7 rings (SSSR count). The maximum atomic E-state index is 14.5.